The van der Waals surface area contributed by atoms with Crippen LogP contribution in [0.2, 0.25) is 0 Å². The van der Waals surface area contributed by atoms with Crippen LogP contribution < -0.4 is 11.1 Å². The Morgan fingerprint density at radius 2 is 1.89 bits per heavy atom. The first-order valence-corrected chi connectivity index (χ1v) is 6.75. The molecule has 4 heteroatoms. The fourth-order valence-corrected chi connectivity index (χ4v) is 2.04. The van der Waals surface area contributed by atoms with E-state index in [4.69, 9.17) is 5.73 Å². The second-order valence-electron chi connectivity index (χ2n) is 4.37. The molecule has 0 bridgehead atoms. The van der Waals surface area contributed by atoms with Crippen LogP contribution in [-0.4, -0.2) is 5.91 Å². The van der Waals surface area contributed by atoms with Crippen molar-refractivity contribution >= 4 is 33.2 Å². The van der Waals surface area contributed by atoms with Crippen LogP contribution in [0.1, 0.15) is 11.1 Å². The Bertz CT molecular complexity index is 594. The highest BCUT2D eigenvalue weighted by Crippen LogP contribution is 2.20. The SMILES string of the molecule is Cc1c(N)cccc1NC(=O)Cc1ccc(Br)cc1. The second-order valence-corrected chi connectivity index (χ2v) is 5.29. The molecule has 0 radical (unpaired) electrons. The van der Waals surface area contributed by atoms with Crippen molar-refractivity contribution in [3.05, 3.63) is 58.1 Å². The van der Waals surface area contributed by atoms with Gasteiger partial charge in [0.15, 0.2) is 0 Å². The number of nitrogens with two attached hydrogens (primary N) is 1. The first-order chi connectivity index (χ1) is 9.06. The summed E-state index contributed by atoms with van der Waals surface area (Å²) in [5.41, 5.74) is 9.13. The van der Waals surface area contributed by atoms with Crippen LogP contribution in [0, 0.1) is 6.92 Å². The molecule has 0 aliphatic rings. The first kappa shape index (κ1) is 13.6. The molecular weight excluding hydrogens is 304 g/mol. The highest BCUT2D eigenvalue weighted by Gasteiger charge is 2.07. The number of hydrogen-bond donors (Lipinski definition) is 2. The molecule has 0 unspecified atom stereocenters. The minimum atomic E-state index is -0.0453. The Kier molecular flexibility index (Phi) is 4.22. The molecule has 19 heavy (non-hydrogen) atoms. The zero-order valence-electron chi connectivity index (χ0n) is 10.6. The van der Waals surface area contributed by atoms with E-state index < -0.39 is 0 Å². The number of carbonyl (C=O) groups excluding carboxylic acids is 1. The molecule has 2 rings (SSSR count). The number of amides is 1. The van der Waals surface area contributed by atoms with Gasteiger partial charge in [0, 0.05) is 15.8 Å². The largest absolute Gasteiger partial charge is 0.398 e. The van der Waals surface area contributed by atoms with Crippen molar-refractivity contribution in [2.24, 2.45) is 0 Å². The first-order valence-electron chi connectivity index (χ1n) is 5.95. The summed E-state index contributed by atoms with van der Waals surface area (Å²) >= 11 is 3.37. The summed E-state index contributed by atoms with van der Waals surface area (Å²) in [5.74, 6) is -0.0453. The molecule has 0 saturated heterocycles. The minimum Gasteiger partial charge on any atom is -0.398 e. The van der Waals surface area contributed by atoms with E-state index in [1.165, 1.54) is 0 Å². The number of nitrogen functional groups attached to an aromatic ring is 1. The van der Waals surface area contributed by atoms with Gasteiger partial charge < -0.3 is 11.1 Å². The van der Waals surface area contributed by atoms with E-state index >= 15 is 0 Å². The lowest BCUT2D eigenvalue weighted by Crippen LogP contribution is -2.15. The molecule has 0 saturated carbocycles. The van der Waals surface area contributed by atoms with Crippen LogP contribution >= 0.6 is 15.9 Å². The lowest BCUT2D eigenvalue weighted by Gasteiger charge is -2.10. The molecule has 0 aromatic heterocycles. The average Bonchev–Trinajstić information content (AvgIpc) is 2.38. The van der Waals surface area contributed by atoms with E-state index in [1.807, 2.05) is 49.4 Å². The molecule has 0 spiro atoms. The van der Waals surface area contributed by atoms with Crippen molar-refractivity contribution in [3.63, 3.8) is 0 Å². The van der Waals surface area contributed by atoms with E-state index in [1.54, 1.807) is 0 Å². The molecule has 0 aliphatic heterocycles. The number of nitrogens with one attached hydrogen (secondary N) is 1. The Labute approximate surface area is 121 Å². The number of rotatable bonds is 3. The zero-order chi connectivity index (χ0) is 13.8. The van der Waals surface area contributed by atoms with Gasteiger partial charge in [-0.25, -0.2) is 0 Å². The fraction of sp³-hybridized carbons (Fsp3) is 0.133. The Balaban J connectivity index is 2.05. The summed E-state index contributed by atoms with van der Waals surface area (Å²) in [6, 6.07) is 13.2. The minimum absolute atomic E-state index is 0.0453. The smallest absolute Gasteiger partial charge is 0.228 e. The Hall–Kier alpha value is -1.81. The van der Waals surface area contributed by atoms with Gasteiger partial charge in [-0.2, -0.15) is 0 Å². The van der Waals surface area contributed by atoms with Crippen LogP contribution in [0.5, 0.6) is 0 Å². The normalized spacial score (nSPS) is 10.2. The lowest BCUT2D eigenvalue weighted by molar-refractivity contribution is -0.115. The maximum Gasteiger partial charge on any atom is 0.228 e. The second kappa shape index (κ2) is 5.89. The van der Waals surface area contributed by atoms with Gasteiger partial charge in [-0.1, -0.05) is 34.1 Å². The van der Waals surface area contributed by atoms with Gasteiger partial charge in [-0.05, 0) is 42.3 Å². The van der Waals surface area contributed by atoms with E-state index in [0.29, 0.717) is 12.1 Å². The average molecular weight is 319 g/mol. The monoisotopic (exact) mass is 318 g/mol. The van der Waals surface area contributed by atoms with Crippen LogP contribution in [0.4, 0.5) is 11.4 Å². The molecule has 98 valence electrons. The van der Waals surface area contributed by atoms with Gasteiger partial charge in [0.05, 0.1) is 6.42 Å². The lowest BCUT2D eigenvalue weighted by atomic mass is 10.1. The van der Waals surface area contributed by atoms with Crippen LogP contribution in [0.3, 0.4) is 0 Å². The highest BCUT2D eigenvalue weighted by molar-refractivity contribution is 9.10. The predicted octanol–water partition coefficient (Wildman–Crippen LogP) is 3.52. The third kappa shape index (κ3) is 3.58. The molecular formula is C15H15BrN2O. The van der Waals surface area contributed by atoms with Gasteiger partial charge in [-0.15, -0.1) is 0 Å². The van der Waals surface area contributed by atoms with Crippen molar-refractivity contribution in [1.29, 1.82) is 0 Å². The highest BCUT2D eigenvalue weighted by atomic mass is 79.9. The van der Waals surface area contributed by atoms with Crippen molar-refractivity contribution in [3.8, 4) is 0 Å². The van der Waals surface area contributed by atoms with Crippen LogP contribution in [-0.2, 0) is 11.2 Å². The number of carbonyl (C=O) groups is 1. The molecule has 0 fully saturated rings. The zero-order valence-corrected chi connectivity index (χ0v) is 12.2. The Morgan fingerprint density at radius 3 is 2.58 bits per heavy atom. The van der Waals surface area contributed by atoms with Gasteiger partial charge in [0.2, 0.25) is 5.91 Å². The number of benzene rings is 2. The maximum absolute atomic E-state index is 12.0. The number of hydrogen-bond acceptors (Lipinski definition) is 2. The van der Waals surface area contributed by atoms with Gasteiger partial charge in [-0.3, -0.25) is 4.79 Å². The molecule has 2 aromatic rings. The molecule has 2 aromatic carbocycles. The summed E-state index contributed by atoms with van der Waals surface area (Å²) in [6.45, 7) is 1.89. The van der Waals surface area contributed by atoms with Gasteiger partial charge in [0.25, 0.3) is 0 Å². The van der Waals surface area contributed by atoms with E-state index in [2.05, 4.69) is 21.2 Å². The van der Waals surface area contributed by atoms with Crippen LogP contribution in [0.25, 0.3) is 0 Å². The third-order valence-corrected chi connectivity index (χ3v) is 3.46. The van der Waals surface area contributed by atoms with Crippen LogP contribution in [0.15, 0.2) is 46.9 Å². The van der Waals surface area contributed by atoms with Crippen molar-refractivity contribution in [2.45, 2.75) is 13.3 Å². The maximum atomic E-state index is 12.0. The van der Waals surface area contributed by atoms with E-state index in [-0.39, 0.29) is 5.91 Å². The fourth-order valence-electron chi connectivity index (χ4n) is 1.77. The topological polar surface area (TPSA) is 55.1 Å². The molecule has 3 nitrogen and oxygen atoms in total. The summed E-state index contributed by atoms with van der Waals surface area (Å²) in [7, 11) is 0. The predicted molar refractivity (Wildman–Crippen MR) is 82.1 cm³/mol. The van der Waals surface area contributed by atoms with Gasteiger partial charge >= 0.3 is 0 Å². The Morgan fingerprint density at radius 1 is 1.21 bits per heavy atom. The van der Waals surface area contributed by atoms with E-state index in [0.717, 1.165) is 21.3 Å². The standard InChI is InChI=1S/C15H15BrN2O/c1-10-13(17)3-2-4-14(10)18-15(19)9-11-5-7-12(16)8-6-11/h2-8H,9,17H2,1H3,(H,18,19). The molecule has 0 aliphatic carbocycles. The third-order valence-electron chi connectivity index (χ3n) is 2.93. The van der Waals surface area contributed by atoms with Crippen molar-refractivity contribution in [2.75, 3.05) is 11.1 Å². The number of anilines is 2. The summed E-state index contributed by atoms with van der Waals surface area (Å²) in [4.78, 5) is 12.0. The molecule has 1 amide bonds. The van der Waals surface area contributed by atoms with Crippen molar-refractivity contribution < 1.29 is 4.79 Å². The van der Waals surface area contributed by atoms with Gasteiger partial charge in [0.1, 0.15) is 0 Å². The number of halogens is 1. The molecule has 3 N–H and O–H groups in total. The van der Waals surface area contributed by atoms with E-state index in [9.17, 15) is 4.79 Å². The molecule has 0 atom stereocenters. The summed E-state index contributed by atoms with van der Waals surface area (Å²) in [6.07, 6.45) is 0.349. The summed E-state index contributed by atoms with van der Waals surface area (Å²) in [5, 5.41) is 2.88. The molecule has 0 heterocycles. The summed E-state index contributed by atoms with van der Waals surface area (Å²) < 4.78 is 1.00. The quantitative estimate of drug-likeness (QED) is 0.851. The van der Waals surface area contributed by atoms with Crippen molar-refractivity contribution in [1.82, 2.24) is 0 Å².